The predicted octanol–water partition coefficient (Wildman–Crippen LogP) is 2.77. The monoisotopic (exact) mass is 438 g/mol. The van der Waals surface area contributed by atoms with Gasteiger partial charge in [-0.3, -0.25) is 10.3 Å². The number of nitrogens with one attached hydrogen (secondary N) is 1. The van der Waals surface area contributed by atoms with Crippen molar-refractivity contribution in [2.75, 3.05) is 25.0 Å². The third-order valence-corrected chi connectivity index (χ3v) is 7.05. The van der Waals surface area contributed by atoms with E-state index in [0.29, 0.717) is 11.3 Å². The summed E-state index contributed by atoms with van der Waals surface area (Å²) in [5.74, 6) is -0.104. The van der Waals surface area contributed by atoms with Crippen LogP contribution in [0.5, 0.6) is 0 Å². The normalized spacial score (nSPS) is 16.6. The van der Waals surface area contributed by atoms with E-state index in [1.54, 1.807) is 42.5 Å². The lowest BCUT2D eigenvalue weighted by Gasteiger charge is -2.20. The van der Waals surface area contributed by atoms with Gasteiger partial charge in [0.2, 0.25) is 10.0 Å². The van der Waals surface area contributed by atoms with Crippen molar-refractivity contribution in [1.82, 2.24) is 4.31 Å². The van der Waals surface area contributed by atoms with Crippen LogP contribution >= 0.6 is 0 Å². The van der Waals surface area contributed by atoms with Gasteiger partial charge in [-0.05, 0) is 35.0 Å². The first-order valence-corrected chi connectivity index (χ1v) is 11.1. The van der Waals surface area contributed by atoms with Crippen molar-refractivity contribution < 1.29 is 17.9 Å². The zero-order valence-corrected chi connectivity index (χ0v) is 17.7. The smallest absolute Gasteiger partial charge is 0.414 e. The molecule has 0 radical (unpaired) electrons. The average Bonchev–Trinajstić information content (AvgIpc) is 3.13. The number of ether oxygens (including phenoxy) is 1. The van der Waals surface area contributed by atoms with Crippen LogP contribution in [0.3, 0.4) is 0 Å². The van der Waals surface area contributed by atoms with E-state index in [0.717, 1.165) is 10.8 Å². The van der Waals surface area contributed by atoms with Crippen molar-refractivity contribution in [2.45, 2.75) is 11.0 Å². The first-order valence-electron chi connectivity index (χ1n) is 9.63. The Balaban J connectivity index is 1.50. The number of hydrogen-bond donors (Lipinski definition) is 2. The number of likely N-dealkylation sites (N-methyl/N-ethyl adjacent to an activating group) is 1. The Morgan fingerprint density at radius 1 is 1.13 bits per heavy atom. The van der Waals surface area contributed by atoms with Crippen molar-refractivity contribution in [2.24, 2.45) is 5.73 Å². The van der Waals surface area contributed by atoms with Crippen molar-refractivity contribution in [3.63, 3.8) is 0 Å². The molecule has 1 aliphatic rings. The Hall–Kier alpha value is -3.43. The molecule has 1 atom stereocenters. The van der Waals surface area contributed by atoms with Crippen molar-refractivity contribution in [3.05, 3.63) is 72.3 Å². The summed E-state index contributed by atoms with van der Waals surface area (Å²) in [6, 6.07) is 19.2. The van der Waals surface area contributed by atoms with Gasteiger partial charge >= 0.3 is 6.09 Å². The molecule has 0 aromatic heterocycles. The summed E-state index contributed by atoms with van der Waals surface area (Å²) >= 11 is 0. The molecule has 0 spiro atoms. The lowest BCUT2D eigenvalue weighted by atomic mass is 10.1. The molecule has 1 amide bonds. The maximum absolute atomic E-state index is 13.1. The Labute approximate surface area is 180 Å². The molecule has 0 bridgehead atoms. The molecule has 8 nitrogen and oxygen atoms in total. The second-order valence-corrected chi connectivity index (χ2v) is 9.42. The van der Waals surface area contributed by atoms with Gasteiger partial charge in [0.25, 0.3) is 0 Å². The van der Waals surface area contributed by atoms with Gasteiger partial charge in [-0.2, -0.15) is 4.31 Å². The maximum atomic E-state index is 13.1. The fourth-order valence-corrected chi connectivity index (χ4v) is 4.80. The number of amidine groups is 1. The van der Waals surface area contributed by atoms with Crippen LogP contribution < -0.4 is 10.6 Å². The minimum atomic E-state index is -3.76. The zero-order chi connectivity index (χ0) is 22.2. The summed E-state index contributed by atoms with van der Waals surface area (Å²) in [5, 5.41) is 9.35. The lowest BCUT2D eigenvalue weighted by Crippen LogP contribution is -2.36. The highest BCUT2D eigenvalue weighted by Gasteiger charge is 2.35. The maximum Gasteiger partial charge on any atom is 0.414 e. The Morgan fingerprint density at radius 3 is 2.61 bits per heavy atom. The fraction of sp³-hybridized carbons (Fsp3) is 0.182. The van der Waals surface area contributed by atoms with Crippen LogP contribution in [0.15, 0.2) is 71.6 Å². The van der Waals surface area contributed by atoms with Crippen molar-refractivity contribution in [3.8, 4) is 0 Å². The number of nitrogens with two attached hydrogens (primary N) is 1. The largest absolute Gasteiger partial charge is 0.443 e. The molecule has 0 aliphatic carbocycles. The van der Waals surface area contributed by atoms with Crippen LogP contribution in [-0.4, -0.2) is 50.9 Å². The molecule has 1 fully saturated rings. The van der Waals surface area contributed by atoms with Crippen molar-refractivity contribution in [1.29, 1.82) is 5.41 Å². The average molecular weight is 439 g/mol. The molecule has 4 rings (SSSR count). The topological polar surface area (TPSA) is 117 Å². The molecule has 160 valence electrons. The minimum absolute atomic E-state index is 0.0177. The van der Waals surface area contributed by atoms with E-state index < -0.39 is 22.2 Å². The fourth-order valence-electron chi connectivity index (χ4n) is 3.56. The number of nitrogen functional groups attached to an aromatic ring is 1. The van der Waals surface area contributed by atoms with Gasteiger partial charge in [-0.15, -0.1) is 0 Å². The highest BCUT2D eigenvalue weighted by atomic mass is 32.2. The van der Waals surface area contributed by atoms with E-state index in [1.807, 2.05) is 24.3 Å². The number of amides is 1. The quantitative estimate of drug-likeness (QED) is 0.453. The molecule has 3 aromatic rings. The third kappa shape index (κ3) is 4.10. The summed E-state index contributed by atoms with van der Waals surface area (Å²) in [7, 11) is -2.29. The number of sulfonamides is 1. The number of nitrogens with zero attached hydrogens (tertiary/aromatic N) is 2. The first-order chi connectivity index (χ1) is 14.8. The first kappa shape index (κ1) is 20.8. The summed E-state index contributed by atoms with van der Waals surface area (Å²) < 4.78 is 32.7. The number of anilines is 1. The Kier molecular flexibility index (Phi) is 5.38. The van der Waals surface area contributed by atoms with E-state index in [9.17, 15) is 13.2 Å². The number of carbonyl (C=O) groups is 1. The Bertz CT molecular complexity index is 1280. The van der Waals surface area contributed by atoms with Crippen molar-refractivity contribution >= 4 is 38.4 Å². The molecule has 3 aromatic carbocycles. The summed E-state index contributed by atoms with van der Waals surface area (Å²) in [6.07, 6.45) is -1.20. The Morgan fingerprint density at radius 2 is 1.87 bits per heavy atom. The molecular formula is C22H22N4O4S. The van der Waals surface area contributed by atoms with E-state index in [4.69, 9.17) is 15.9 Å². The second-order valence-electron chi connectivity index (χ2n) is 7.37. The molecule has 1 unspecified atom stereocenters. The van der Waals surface area contributed by atoms with Gasteiger partial charge in [0.15, 0.2) is 0 Å². The number of carbonyl (C=O) groups excluding carboxylic acids is 1. The van der Waals surface area contributed by atoms with Crippen LogP contribution in [0.25, 0.3) is 10.8 Å². The highest BCUT2D eigenvalue weighted by molar-refractivity contribution is 7.89. The number of hydrogen-bond acceptors (Lipinski definition) is 5. The van der Waals surface area contributed by atoms with Crippen LogP contribution in [0.2, 0.25) is 0 Å². The van der Waals surface area contributed by atoms with Crippen LogP contribution in [0.4, 0.5) is 10.5 Å². The zero-order valence-electron chi connectivity index (χ0n) is 16.9. The van der Waals surface area contributed by atoms with Gasteiger partial charge in [-0.1, -0.05) is 42.5 Å². The van der Waals surface area contributed by atoms with E-state index in [2.05, 4.69) is 0 Å². The standard InChI is InChI=1S/C22H22N4O4S/c1-25(31(28,29)20-10-9-15-5-2-3-6-16(15)12-20)13-19-14-26(22(27)30-19)18-8-4-7-17(11-18)21(23)24/h2-12,19H,13-14H2,1H3,(H3,23,24). The van der Waals surface area contributed by atoms with Crippen LogP contribution in [0.1, 0.15) is 5.56 Å². The summed E-state index contributed by atoms with van der Waals surface area (Å²) in [6.45, 7) is 0.210. The molecule has 1 saturated heterocycles. The molecular weight excluding hydrogens is 416 g/mol. The van der Waals surface area contributed by atoms with Gasteiger partial charge < -0.3 is 10.5 Å². The molecule has 1 aliphatic heterocycles. The van der Waals surface area contributed by atoms with Crippen LogP contribution in [0, 0.1) is 5.41 Å². The molecule has 1 heterocycles. The van der Waals surface area contributed by atoms with E-state index in [-0.39, 0.29) is 23.8 Å². The number of cyclic esters (lactones) is 1. The highest BCUT2D eigenvalue weighted by Crippen LogP contribution is 2.25. The second kappa shape index (κ2) is 8.01. The lowest BCUT2D eigenvalue weighted by molar-refractivity contribution is 0.131. The molecule has 9 heteroatoms. The molecule has 0 saturated carbocycles. The van der Waals surface area contributed by atoms with E-state index in [1.165, 1.54) is 16.3 Å². The van der Waals surface area contributed by atoms with Gasteiger partial charge in [0.05, 0.1) is 18.0 Å². The molecule has 3 N–H and O–H groups in total. The summed E-state index contributed by atoms with van der Waals surface area (Å²) in [5.41, 5.74) is 6.55. The number of rotatable bonds is 6. The van der Waals surface area contributed by atoms with Gasteiger partial charge in [0, 0.05) is 18.3 Å². The number of benzene rings is 3. The van der Waals surface area contributed by atoms with Gasteiger partial charge in [-0.25, -0.2) is 13.2 Å². The van der Waals surface area contributed by atoms with E-state index >= 15 is 0 Å². The summed E-state index contributed by atoms with van der Waals surface area (Å²) in [4.78, 5) is 14.0. The van der Waals surface area contributed by atoms with Crippen LogP contribution in [-0.2, 0) is 14.8 Å². The predicted molar refractivity (Wildman–Crippen MR) is 119 cm³/mol. The van der Waals surface area contributed by atoms with Gasteiger partial charge in [0.1, 0.15) is 11.9 Å². The third-order valence-electron chi connectivity index (χ3n) is 5.23. The number of fused-ring (bicyclic) bond motifs is 1. The minimum Gasteiger partial charge on any atom is -0.443 e. The SMILES string of the molecule is CN(CC1CN(c2cccc(C(=N)N)c2)C(=O)O1)S(=O)(=O)c1ccc2ccccc2c1. The molecule has 31 heavy (non-hydrogen) atoms.